The van der Waals surface area contributed by atoms with E-state index in [9.17, 15) is 0 Å². The maximum Gasteiger partial charge on any atom is 0.166 e. The van der Waals surface area contributed by atoms with Gasteiger partial charge in [0.05, 0.1) is 19.5 Å². The van der Waals surface area contributed by atoms with Crippen LogP contribution < -0.4 is 16.4 Å². The highest BCUT2D eigenvalue weighted by Crippen LogP contribution is 2.28. The van der Waals surface area contributed by atoms with E-state index >= 15 is 0 Å². The van der Waals surface area contributed by atoms with Crippen LogP contribution in [-0.4, -0.2) is 45.8 Å². The highest BCUT2D eigenvalue weighted by Gasteiger charge is 2.21. The summed E-state index contributed by atoms with van der Waals surface area (Å²) in [4.78, 5) is 16.5. The predicted molar refractivity (Wildman–Crippen MR) is 115 cm³/mol. The maximum atomic E-state index is 6.17. The highest BCUT2D eigenvalue weighted by atomic mass is 16.5. The van der Waals surface area contributed by atoms with E-state index in [4.69, 9.17) is 26.2 Å². The summed E-state index contributed by atoms with van der Waals surface area (Å²) in [6.07, 6.45) is 6.76. The monoisotopic (exact) mass is 391 g/mol. The van der Waals surface area contributed by atoms with E-state index in [0.29, 0.717) is 24.7 Å². The second kappa shape index (κ2) is 8.32. The lowest BCUT2D eigenvalue weighted by atomic mass is 10.1. The van der Waals surface area contributed by atoms with Crippen molar-refractivity contribution in [3.63, 3.8) is 0 Å². The van der Waals surface area contributed by atoms with E-state index in [1.54, 1.807) is 12.2 Å². The van der Waals surface area contributed by atoms with Gasteiger partial charge in [-0.05, 0) is 36.9 Å². The quantitative estimate of drug-likeness (QED) is 0.641. The van der Waals surface area contributed by atoms with Crippen molar-refractivity contribution >= 4 is 22.7 Å². The van der Waals surface area contributed by atoms with Gasteiger partial charge in [-0.3, -0.25) is 0 Å². The first-order chi connectivity index (χ1) is 14.2. The number of nitrogens with zero attached hydrogens (tertiary/aromatic N) is 5. The zero-order valence-electron chi connectivity index (χ0n) is 16.5. The molecule has 1 aromatic carbocycles. The Morgan fingerprint density at radius 2 is 2.07 bits per heavy atom. The van der Waals surface area contributed by atoms with Gasteiger partial charge in [-0.25, -0.2) is 15.0 Å². The van der Waals surface area contributed by atoms with Gasteiger partial charge in [-0.15, -0.1) is 0 Å². The van der Waals surface area contributed by atoms with Crippen molar-refractivity contribution in [1.29, 1.82) is 0 Å². The Labute approximate surface area is 169 Å². The number of ether oxygens (including phenoxy) is 1. The normalized spacial score (nSPS) is 15.5. The number of imidazole rings is 1. The van der Waals surface area contributed by atoms with Crippen molar-refractivity contribution < 1.29 is 4.74 Å². The van der Waals surface area contributed by atoms with Crippen molar-refractivity contribution in [1.82, 2.24) is 19.5 Å². The van der Waals surface area contributed by atoms with Crippen molar-refractivity contribution in [2.45, 2.75) is 13.5 Å². The molecule has 8 heteroatoms. The molecule has 0 spiro atoms. The van der Waals surface area contributed by atoms with Gasteiger partial charge in [0.15, 0.2) is 22.8 Å². The highest BCUT2D eigenvalue weighted by molar-refractivity contribution is 5.86. The van der Waals surface area contributed by atoms with E-state index in [1.807, 2.05) is 35.2 Å². The zero-order valence-corrected chi connectivity index (χ0v) is 16.5. The molecule has 3 heterocycles. The minimum atomic E-state index is 0.627. The summed E-state index contributed by atoms with van der Waals surface area (Å²) >= 11 is 0. The average Bonchev–Trinajstić information content (AvgIpc) is 3.20. The summed E-state index contributed by atoms with van der Waals surface area (Å²) < 4.78 is 7.54. The molecule has 150 valence electrons. The molecule has 1 aliphatic heterocycles. The lowest BCUT2D eigenvalue weighted by Crippen LogP contribution is -2.37. The van der Waals surface area contributed by atoms with E-state index in [-0.39, 0.29) is 0 Å². The number of benzene rings is 1. The maximum absolute atomic E-state index is 6.17. The first-order valence-electron chi connectivity index (χ1n) is 9.71. The lowest BCUT2D eigenvalue weighted by Gasteiger charge is -2.28. The molecule has 3 aromatic rings. The van der Waals surface area contributed by atoms with Crippen LogP contribution in [0.3, 0.4) is 0 Å². The Hall–Kier alpha value is -3.39. The molecule has 0 amide bonds. The Morgan fingerprint density at radius 1 is 1.24 bits per heavy atom. The standard InChI is InChI=1S/C21H25N7O/c1-2-27-14-24-18-20(27)25-19(26-21(18)28-9-11-29-12-10-28)16-6-3-5-15(13-16)17(23)7-4-8-22/h3-8,13-14H,2,9-12,22-23H2,1H3/b8-4-,17-7-. The van der Waals surface area contributed by atoms with Gasteiger partial charge in [0.2, 0.25) is 0 Å². The molecule has 4 rings (SSSR count). The van der Waals surface area contributed by atoms with Gasteiger partial charge in [0, 0.05) is 30.9 Å². The fraction of sp³-hybridized carbons (Fsp3) is 0.286. The number of aromatic nitrogens is 4. The van der Waals surface area contributed by atoms with Gasteiger partial charge >= 0.3 is 0 Å². The van der Waals surface area contributed by atoms with Gasteiger partial charge in [-0.1, -0.05) is 18.2 Å². The fourth-order valence-corrected chi connectivity index (χ4v) is 3.38. The van der Waals surface area contributed by atoms with Crippen molar-refractivity contribution in [3.8, 4) is 11.4 Å². The van der Waals surface area contributed by atoms with Gasteiger partial charge in [0.25, 0.3) is 0 Å². The second-order valence-electron chi connectivity index (χ2n) is 6.76. The van der Waals surface area contributed by atoms with Crippen LogP contribution in [0, 0.1) is 0 Å². The third-order valence-corrected chi connectivity index (χ3v) is 4.94. The molecule has 0 radical (unpaired) electrons. The number of nitrogens with two attached hydrogens (primary N) is 2. The Morgan fingerprint density at radius 3 is 2.83 bits per heavy atom. The number of rotatable bonds is 5. The number of hydrogen-bond donors (Lipinski definition) is 2. The molecule has 0 aliphatic carbocycles. The molecule has 0 saturated carbocycles. The van der Waals surface area contributed by atoms with Crippen LogP contribution in [0.15, 0.2) is 48.9 Å². The van der Waals surface area contributed by atoms with Crippen molar-refractivity contribution in [2.24, 2.45) is 11.5 Å². The predicted octanol–water partition coefficient (Wildman–Crippen LogP) is 2.12. The molecule has 1 fully saturated rings. The zero-order chi connectivity index (χ0) is 20.2. The topological polar surface area (TPSA) is 108 Å². The molecule has 1 aliphatic rings. The number of morpholine rings is 1. The first-order valence-corrected chi connectivity index (χ1v) is 9.71. The largest absolute Gasteiger partial charge is 0.405 e. The lowest BCUT2D eigenvalue weighted by molar-refractivity contribution is 0.122. The Bertz CT molecular complexity index is 1060. The van der Waals surface area contributed by atoms with Crippen LogP contribution in [0.25, 0.3) is 28.2 Å². The molecule has 2 aromatic heterocycles. The first kappa shape index (κ1) is 18.9. The fourth-order valence-electron chi connectivity index (χ4n) is 3.38. The summed E-state index contributed by atoms with van der Waals surface area (Å²) in [7, 11) is 0. The molecule has 8 nitrogen and oxygen atoms in total. The van der Waals surface area contributed by atoms with Gasteiger partial charge in [-0.2, -0.15) is 0 Å². The number of aryl methyl sites for hydroxylation is 1. The van der Waals surface area contributed by atoms with Crippen LogP contribution in [-0.2, 0) is 11.3 Å². The Kier molecular flexibility index (Phi) is 5.44. The van der Waals surface area contributed by atoms with Crippen molar-refractivity contribution in [2.75, 3.05) is 31.2 Å². The van der Waals surface area contributed by atoms with E-state index < -0.39 is 0 Å². The molecular weight excluding hydrogens is 366 g/mol. The van der Waals surface area contributed by atoms with E-state index in [2.05, 4.69) is 16.8 Å². The minimum absolute atomic E-state index is 0.627. The molecule has 0 unspecified atom stereocenters. The van der Waals surface area contributed by atoms with E-state index in [0.717, 1.165) is 47.7 Å². The third kappa shape index (κ3) is 3.79. The van der Waals surface area contributed by atoms with Gasteiger partial charge < -0.3 is 25.7 Å². The average molecular weight is 391 g/mol. The molecule has 4 N–H and O–H groups in total. The smallest absolute Gasteiger partial charge is 0.166 e. The number of fused-ring (bicyclic) bond motifs is 1. The number of anilines is 1. The molecule has 29 heavy (non-hydrogen) atoms. The third-order valence-electron chi connectivity index (χ3n) is 4.94. The van der Waals surface area contributed by atoms with E-state index in [1.165, 1.54) is 6.20 Å². The number of hydrogen-bond acceptors (Lipinski definition) is 7. The number of allylic oxidation sites excluding steroid dienone is 2. The molecular formula is C21H25N7O. The SMILES string of the molecule is CCn1cnc2c(N3CCOCC3)nc(-c3cccc(/C(N)=C/C=C\N)c3)nc21. The Balaban J connectivity index is 1.83. The van der Waals surface area contributed by atoms with Gasteiger partial charge in [0.1, 0.15) is 0 Å². The minimum Gasteiger partial charge on any atom is -0.405 e. The molecule has 1 saturated heterocycles. The molecule has 0 bridgehead atoms. The summed E-state index contributed by atoms with van der Waals surface area (Å²) in [5.41, 5.74) is 15.7. The van der Waals surface area contributed by atoms with Crippen LogP contribution in [0.2, 0.25) is 0 Å². The van der Waals surface area contributed by atoms with Crippen molar-refractivity contribution in [3.05, 3.63) is 54.5 Å². The summed E-state index contributed by atoms with van der Waals surface area (Å²) in [5.74, 6) is 1.50. The summed E-state index contributed by atoms with van der Waals surface area (Å²) in [6.45, 7) is 5.80. The van der Waals surface area contributed by atoms with Crippen LogP contribution >= 0.6 is 0 Å². The van der Waals surface area contributed by atoms with Crippen LogP contribution in [0.5, 0.6) is 0 Å². The second-order valence-corrected chi connectivity index (χ2v) is 6.76. The van der Waals surface area contributed by atoms with Crippen LogP contribution in [0.1, 0.15) is 12.5 Å². The van der Waals surface area contributed by atoms with Crippen LogP contribution in [0.4, 0.5) is 5.82 Å². The summed E-state index contributed by atoms with van der Waals surface area (Å²) in [6, 6.07) is 7.90. The molecule has 0 atom stereocenters. The summed E-state index contributed by atoms with van der Waals surface area (Å²) in [5, 5.41) is 0.